The number of pyridine rings is 1. The molecule has 3 rings (SSSR count). The van der Waals surface area contributed by atoms with Gasteiger partial charge in [-0.2, -0.15) is 4.39 Å². The number of rotatable bonds is 6. The summed E-state index contributed by atoms with van der Waals surface area (Å²) in [6, 6.07) is 9.96. The number of benzene rings is 1. The molecule has 1 amide bonds. The summed E-state index contributed by atoms with van der Waals surface area (Å²) >= 11 is 0.873. The molecule has 0 fully saturated rings. The second-order valence-electron chi connectivity index (χ2n) is 8.23. The number of hydrogen-bond acceptors (Lipinski definition) is 7. The van der Waals surface area contributed by atoms with Crippen LogP contribution in [0.15, 0.2) is 57.8 Å². The van der Waals surface area contributed by atoms with E-state index in [2.05, 4.69) is 4.98 Å². The molecule has 1 aromatic carbocycles. The Hall–Kier alpha value is -3.11. The zero-order chi connectivity index (χ0) is 24.4. The summed E-state index contributed by atoms with van der Waals surface area (Å²) in [7, 11) is -2.51. The highest BCUT2D eigenvalue weighted by atomic mass is 32.2. The van der Waals surface area contributed by atoms with Crippen molar-refractivity contribution >= 4 is 33.6 Å². The molecule has 0 spiro atoms. The molecule has 0 saturated carbocycles. The number of hydrogen-bond donors (Lipinski definition) is 0. The summed E-state index contributed by atoms with van der Waals surface area (Å²) in [5.74, 6) is -0.829. The summed E-state index contributed by atoms with van der Waals surface area (Å²) < 4.78 is 46.6. The Labute approximate surface area is 195 Å². The Balaban J connectivity index is 2.05. The molecule has 0 aliphatic rings. The number of thiophene rings is 1. The van der Waals surface area contributed by atoms with Crippen molar-refractivity contribution in [3.63, 3.8) is 0 Å². The molecule has 7 nitrogen and oxygen atoms in total. The lowest BCUT2D eigenvalue weighted by Crippen LogP contribution is -2.42. The van der Waals surface area contributed by atoms with Gasteiger partial charge in [-0.25, -0.2) is 18.2 Å². The van der Waals surface area contributed by atoms with Gasteiger partial charge >= 0.3 is 6.09 Å². The van der Waals surface area contributed by atoms with Gasteiger partial charge in [-0.1, -0.05) is 12.1 Å². The Morgan fingerprint density at radius 3 is 2.55 bits per heavy atom. The Morgan fingerprint density at radius 1 is 1.18 bits per heavy atom. The van der Waals surface area contributed by atoms with Crippen LogP contribution in [0.2, 0.25) is 0 Å². The number of sulfone groups is 1. The van der Waals surface area contributed by atoms with Gasteiger partial charge in [-0.3, -0.25) is 4.79 Å². The first-order valence-corrected chi connectivity index (χ1v) is 12.2. The van der Waals surface area contributed by atoms with Gasteiger partial charge in [0.05, 0.1) is 4.90 Å². The van der Waals surface area contributed by atoms with E-state index in [0.717, 1.165) is 11.3 Å². The zero-order valence-electron chi connectivity index (χ0n) is 18.5. The van der Waals surface area contributed by atoms with Crippen molar-refractivity contribution in [2.75, 3.05) is 7.05 Å². The number of amides is 1. The first kappa shape index (κ1) is 24.5. The normalized spacial score (nSPS) is 11.8. The molecule has 10 heteroatoms. The van der Waals surface area contributed by atoms with Crippen LogP contribution in [-0.2, 0) is 21.2 Å². The van der Waals surface area contributed by atoms with Crippen LogP contribution in [0.3, 0.4) is 0 Å². The van der Waals surface area contributed by atoms with Gasteiger partial charge in [-0.05, 0) is 51.1 Å². The molecule has 3 aromatic rings. The van der Waals surface area contributed by atoms with Crippen molar-refractivity contribution in [1.82, 2.24) is 9.88 Å². The molecule has 0 atom stereocenters. The summed E-state index contributed by atoms with van der Waals surface area (Å²) in [5, 5.41) is 0. The van der Waals surface area contributed by atoms with Gasteiger partial charge in [0.1, 0.15) is 17.1 Å². The number of ether oxygens (including phenoxy) is 1. The van der Waals surface area contributed by atoms with E-state index < -0.39 is 27.4 Å². The smallest absolute Gasteiger partial charge is 0.410 e. The van der Waals surface area contributed by atoms with E-state index in [1.165, 1.54) is 53.6 Å². The molecule has 2 heterocycles. The molecule has 0 unspecified atom stereocenters. The fourth-order valence-corrected chi connectivity index (χ4v) is 5.92. The van der Waals surface area contributed by atoms with Crippen LogP contribution < -0.4 is 0 Å². The van der Waals surface area contributed by atoms with E-state index >= 15 is 0 Å². The third kappa shape index (κ3) is 5.28. The summed E-state index contributed by atoms with van der Waals surface area (Å²) in [4.78, 5) is 28.8. The highest BCUT2D eigenvalue weighted by molar-refractivity contribution is 7.93. The van der Waals surface area contributed by atoms with Crippen molar-refractivity contribution in [3.05, 3.63) is 65.0 Å². The molecule has 0 N–H and O–H groups in total. The Kier molecular flexibility index (Phi) is 6.99. The molecular weight excluding hydrogens is 467 g/mol. The van der Waals surface area contributed by atoms with Crippen LogP contribution in [0.5, 0.6) is 0 Å². The second-order valence-corrected chi connectivity index (χ2v) is 11.5. The first-order valence-electron chi connectivity index (χ1n) is 9.89. The minimum atomic E-state index is -4.11. The van der Waals surface area contributed by atoms with E-state index in [9.17, 15) is 22.4 Å². The highest BCUT2D eigenvalue weighted by Gasteiger charge is 2.28. The fourth-order valence-electron chi connectivity index (χ4n) is 2.83. The van der Waals surface area contributed by atoms with E-state index in [1.54, 1.807) is 7.05 Å². The standard InChI is InChI=1S/C23H23FN2O5S2/c1-23(2,3)26(4)22(28)31-14-16-12-19(18-9-6-10-25-20(18)24)21(32-16)33(29,30)17-8-5-7-15(11-17)13-27/h5-13H,14H2,1-4H3. The average molecular weight is 491 g/mol. The molecule has 0 aliphatic heterocycles. The lowest BCUT2D eigenvalue weighted by molar-refractivity contribution is 0.0766. The molecule has 0 saturated heterocycles. The van der Waals surface area contributed by atoms with E-state index in [0.29, 0.717) is 11.2 Å². The maximum absolute atomic E-state index is 14.5. The zero-order valence-corrected chi connectivity index (χ0v) is 20.2. The summed E-state index contributed by atoms with van der Waals surface area (Å²) in [6.07, 6.45) is 1.23. The summed E-state index contributed by atoms with van der Waals surface area (Å²) in [5.41, 5.74) is -0.157. The van der Waals surface area contributed by atoms with Crippen LogP contribution >= 0.6 is 11.3 Å². The third-order valence-electron chi connectivity index (χ3n) is 4.96. The van der Waals surface area contributed by atoms with E-state index in [1.807, 2.05) is 20.8 Å². The average Bonchev–Trinajstić information content (AvgIpc) is 3.21. The highest BCUT2D eigenvalue weighted by Crippen LogP contribution is 2.39. The van der Waals surface area contributed by atoms with Crippen LogP contribution in [-0.4, -0.2) is 43.3 Å². The number of aldehydes is 1. The molecule has 174 valence electrons. The Morgan fingerprint density at radius 2 is 1.91 bits per heavy atom. The van der Waals surface area contributed by atoms with Crippen molar-refractivity contribution in [1.29, 1.82) is 0 Å². The fraction of sp³-hybridized carbons (Fsp3) is 0.261. The van der Waals surface area contributed by atoms with E-state index in [-0.39, 0.29) is 32.4 Å². The SMILES string of the molecule is CN(C(=O)OCc1cc(-c2cccnc2F)c(S(=O)(=O)c2cccc(C=O)c2)s1)C(C)(C)C. The first-order chi connectivity index (χ1) is 15.4. The Bertz CT molecular complexity index is 1300. The number of carbonyl (C=O) groups excluding carboxylic acids is 2. The van der Waals surface area contributed by atoms with Gasteiger partial charge in [0.2, 0.25) is 15.8 Å². The second kappa shape index (κ2) is 9.40. The minimum absolute atomic E-state index is 0.00301. The van der Waals surface area contributed by atoms with Gasteiger partial charge < -0.3 is 9.64 Å². The maximum Gasteiger partial charge on any atom is 0.410 e. The molecule has 2 aromatic heterocycles. The number of nitrogens with zero attached hydrogens (tertiary/aromatic N) is 2. The number of aromatic nitrogens is 1. The molecule has 0 bridgehead atoms. The van der Waals surface area contributed by atoms with Crippen LogP contribution in [0.25, 0.3) is 11.1 Å². The molecular formula is C23H23FN2O5S2. The maximum atomic E-state index is 14.5. The summed E-state index contributed by atoms with van der Waals surface area (Å²) in [6.45, 7) is 5.35. The molecule has 0 radical (unpaired) electrons. The minimum Gasteiger partial charge on any atom is -0.444 e. The van der Waals surface area contributed by atoms with E-state index in [4.69, 9.17) is 4.74 Å². The van der Waals surface area contributed by atoms with Gasteiger partial charge in [0, 0.05) is 40.4 Å². The van der Waals surface area contributed by atoms with Crippen molar-refractivity contribution < 1.29 is 27.1 Å². The van der Waals surface area contributed by atoms with Crippen molar-refractivity contribution in [3.8, 4) is 11.1 Å². The van der Waals surface area contributed by atoms with Gasteiger partial charge in [-0.15, -0.1) is 11.3 Å². The lowest BCUT2D eigenvalue weighted by Gasteiger charge is -2.30. The number of carbonyl (C=O) groups is 2. The number of halogens is 1. The van der Waals surface area contributed by atoms with Crippen LogP contribution in [0.4, 0.5) is 9.18 Å². The van der Waals surface area contributed by atoms with Gasteiger partial charge in [0.25, 0.3) is 0 Å². The third-order valence-corrected chi connectivity index (χ3v) is 8.36. The quantitative estimate of drug-likeness (QED) is 0.358. The predicted molar refractivity (Wildman–Crippen MR) is 122 cm³/mol. The van der Waals surface area contributed by atoms with Crippen molar-refractivity contribution in [2.24, 2.45) is 0 Å². The van der Waals surface area contributed by atoms with Crippen molar-refractivity contribution in [2.45, 2.75) is 42.0 Å². The predicted octanol–water partition coefficient (Wildman–Crippen LogP) is 4.96. The van der Waals surface area contributed by atoms with Gasteiger partial charge in [0.15, 0.2) is 0 Å². The topological polar surface area (TPSA) is 93.6 Å². The van der Waals surface area contributed by atoms with Crippen LogP contribution in [0.1, 0.15) is 36.0 Å². The molecule has 0 aliphatic carbocycles. The van der Waals surface area contributed by atoms with Crippen LogP contribution in [0, 0.1) is 5.95 Å². The molecule has 33 heavy (non-hydrogen) atoms. The monoisotopic (exact) mass is 490 g/mol. The largest absolute Gasteiger partial charge is 0.444 e. The lowest BCUT2D eigenvalue weighted by atomic mass is 10.1.